The van der Waals surface area contributed by atoms with Gasteiger partial charge in [0.15, 0.2) is 0 Å². The van der Waals surface area contributed by atoms with E-state index in [0.717, 1.165) is 5.56 Å². The summed E-state index contributed by atoms with van der Waals surface area (Å²) < 4.78 is 0. The van der Waals surface area contributed by atoms with Crippen LogP contribution in [-0.4, -0.2) is 11.1 Å². The minimum atomic E-state index is -0.749. The molecule has 82 valence electrons. The van der Waals surface area contributed by atoms with E-state index in [4.69, 9.17) is 5.11 Å². The molecule has 0 aliphatic carbocycles. The molecule has 1 rings (SSSR count). The summed E-state index contributed by atoms with van der Waals surface area (Å²) in [5, 5.41) is 9.03. The molecule has 0 heterocycles. The van der Waals surface area contributed by atoms with Crippen LogP contribution in [0.4, 0.5) is 0 Å². The van der Waals surface area contributed by atoms with Crippen molar-refractivity contribution in [1.29, 1.82) is 0 Å². The van der Waals surface area contributed by atoms with Crippen molar-refractivity contribution in [2.45, 2.75) is 34.1 Å². The Bertz CT molecular complexity index is 378. The van der Waals surface area contributed by atoms with Crippen LogP contribution in [0.25, 0.3) is 0 Å². The van der Waals surface area contributed by atoms with Crippen molar-refractivity contribution < 1.29 is 9.90 Å². The largest absolute Gasteiger partial charge is 0.481 e. The fourth-order valence-electron chi connectivity index (χ4n) is 1.50. The van der Waals surface area contributed by atoms with Gasteiger partial charge in [-0.25, -0.2) is 0 Å². The number of carboxylic acid groups (broad SMARTS) is 1. The van der Waals surface area contributed by atoms with Crippen LogP contribution in [0.1, 0.15) is 30.5 Å². The smallest absolute Gasteiger partial charge is 0.309 e. The number of hydrogen-bond acceptors (Lipinski definition) is 1. The molecule has 1 N–H and O–H groups in total. The summed E-state index contributed by atoms with van der Waals surface area (Å²) in [6, 6.07) is 6.12. The molecule has 2 nitrogen and oxygen atoms in total. The predicted molar refractivity (Wildman–Crippen MR) is 61.0 cm³/mol. The third kappa shape index (κ3) is 2.82. The highest BCUT2D eigenvalue weighted by atomic mass is 16.4. The standard InChI is InChI=1S/C13H18O2/c1-9-5-6-11(7-10(9)2)8-13(3,4)12(14)15/h5-7H,8H2,1-4H3,(H,14,15). The molecule has 0 amide bonds. The van der Waals surface area contributed by atoms with Gasteiger partial charge in [0.05, 0.1) is 5.41 Å². The van der Waals surface area contributed by atoms with Crippen LogP contribution in [-0.2, 0) is 11.2 Å². The molecule has 0 bridgehead atoms. The van der Waals surface area contributed by atoms with Crippen LogP contribution in [0.5, 0.6) is 0 Å². The van der Waals surface area contributed by atoms with E-state index in [1.165, 1.54) is 11.1 Å². The quantitative estimate of drug-likeness (QED) is 0.825. The topological polar surface area (TPSA) is 37.3 Å². The van der Waals surface area contributed by atoms with Crippen LogP contribution >= 0.6 is 0 Å². The molecule has 0 radical (unpaired) electrons. The molecule has 1 aromatic carbocycles. The lowest BCUT2D eigenvalue weighted by molar-refractivity contribution is -0.146. The van der Waals surface area contributed by atoms with Gasteiger partial charge in [-0.3, -0.25) is 4.79 Å². The lowest BCUT2D eigenvalue weighted by atomic mass is 9.85. The van der Waals surface area contributed by atoms with Crippen molar-refractivity contribution in [2.75, 3.05) is 0 Å². The van der Waals surface area contributed by atoms with Crippen LogP contribution in [0, 0.1) is 19.3 Å². The molecule has 0 spiro atoms. The minimum Gasteiger partial charge on any atom is -0.481 e. The first kappa shape index (κ1) is 11.8. The Morgan fingerprint density at radius 2 is 1.87 bits per heavy atom. The van der Waals surface area contributed by atoms with Crippen molar-refractivity contribution in [3.05, 3.63) is 34.9 Å². The second-order valence-corrected chi connectivity index (χ2v) is 4.78. The number of carboxylic acids is 1. The Morgan fingerprint density at radius 3 is 2.33 bits per heavy atom. The Kier molecular flexibility index (Phi) is 3.18. The van der Waals surface area contributed by atoms with E-state index in [1.807, 2.05) is 19.1 Å². The summed E-state index contributed by atoms with van der Waals surface area (Å²) in [4.78, 5) is 11.0. The molecule has 2 heteroatoms. The molecule has 0 aromatic heterocycles. The van der Waals surface area contributed by atoms with E-state index in [0.29, 0.717) is 6.42 Å². The van der Waals surface area contributed by atoms with Gasteiger partial charge in [0.25, 0.3) is 0 Å². The Morgan fingerprint density at radius 1 is 1.27 bits per heavy atom. The molecule has 0 saturated carbocycles. The summed E-state index contributed by atoms with van der Waals surface area (Å²) in [6.45, 7) is 7.61. The first-order valence-corrected chi connectivity index (χ1v) is 5.12. The van der Waals surface area contributed by atoms with Gasteiger partial charge in [-0.1, -0.05) is 18.2 Å². The van der Waals surface area contributed by atoms with Crippen LogP contribution in [0.15, 0.2) is 18.2 Å². The van der Waals surface area contributed by atoms with Crippen LogP contribution < -0.4 is 0 Å². The third-order valence-electron chi connectivity index (χ3n) is 2.80. The minimum absolute atomic E-state index is 0.573. The van der Waals surface area contributed by atoms with E-state index in [1.54, 1.807) is 13.8 Å². The molecule has 0 unspecified atom stereocenters. The van der Waals surface area contributed by atoms with Crippen LogP contribution in [0.3, 0.4) is 0 Å². The Labute approximate surface area is 90.9 Å². The monoisotopic (exact) mass is 206 g/mol. The zero-order chi connectivity index (χ0) is 11.6. The molecule has 0 aliphatic heterocycles. The summed E-state index contributed by atoms with van der Waals surface area (Å²) in [5.41, 5.74) is 2.85. The second kappa shape index (κ2) is 4.05. The number of aliphatic carboxylic acids is 1. The summed E-state index contributed by atoms with van der Waals surface area (Å²) in [7, 11) is 0. The maximum atomic E-state index is 11.0. The molecule has 1 aromatic rings. The summed E-state index contributed by atoms with van der Waals surface area (Å²) in [6.07, 6.45) is 0.573. The number of rotatable bonds is 3. The Balaban J connectivity index is 2.91. The highest BCUT2D eigenvalue weighted by Gasteiger charge is 2.27. The second-order valence-electron chi connectivity index (χ2n) is 4.78. The molecule has 0 atom stereocenters. The van der Waals surface area contributed by atoms with Crippen molar-refractivity contribution in [3.63, 3.8) is 0 Å². The molecule has 15 heavy (non-hydrogen) atoms. The lowest BCUT2D eigenvalue weighted by Crippen LogP contribution is -2.26. The van der Waals surface area contributed by atoms with Crippen molar-refractivity contribution in [1.82, 2.24) is 0 Å². The summed E-state index contributed by atoms with van der Waals surface area (Å²) >= 11 is 0. The van der Waals surface area contributed by atoms with Crippen molar-refractivity contribution in [2.24, 2.45) is 5.41 Å². The molecular weight excluding hydrogens is 188 g/mol. The molecule has 0 aliphatic rings. The van der Waals surface area contributed by atoms with Gasteiger partial charge in [-0.15, -0.1) is 0 Å². The fourth-order valence-corrected chi connectivity index (χ4v) is 1.50. The van der Waals surface area contributed by atoms with E-state index < -0.39 is 11.4 Å². The zero-order valence-electron chi connectivity index (χ0n) is 9.79. The van der Waals surface area contributed by atoms with Crippen molar-refractivity contribution in [3.8, 4) is 0 Å². The van der Waals surface area contributed by atoms with Gasteiger partial charge < -0.3 is 5.11 Å². The normalized spacial score (nSPS) is 11.5. The first-order valence-electron chi connectivity index (χ1n) is 5.12. The van der Waals surface area contributed by atoms with Crippen LogP contribution in [0.2, 0.25) is 0 Å². The van der Waals surface area contributed by atoms with E-state index in [9.17, 15) is 4.79 Å². The van der Waals surface area contributed by atoms with Gasteiger partial charge in [-0.05, 0) is 50.8 Å². The number of hydrogen-bond donors (Lipinski definition) is 1. The number of aryl methyl sites for hydroxylation is 2. The van der Waals surface area contributed by atoms with Gasteiger partial charge in [0.1, 0.15) is 0 Å². The Hall–Kier alpha value is -1.31. The average Bonchev–Trinajstić information content (AvgIpc) is 2.10. The molecular formula is C13H18O2. The number of carbonyl (C=O) groups is 1. The lowest BCUT2D eigenvalue weighted by Gasteiger charge is -2.19. The van der Waals surface area contributed by atoms with E-state index in [-0.39, 0.29) is 0 Å². The molecule has 0 saturated heterocycles. The zero-order valence-corrected chi connectivity index (χ0v) is 9.79. The van der Waals surface area contributed by atoms with Gasteiger partial charge in [0.2, 0.25) is 0 Å². The molecule has 0 fully saturated rings. The van der Waals surface area contributed by atoms with E-state index in [2.05, 4.69) is 13.0 Å². The first-order chi connectivity index (χ1) is 6.83. The predicted octanol–water partition coefficient (Wildman–Crippen LogP) is 2.96. The van der Waals surface area contributed by atoms with E-state index >= 15 is 0 Å². The highest BCUT2D eigenvalue weighted by molar-refractivity contribution is 5.74. The SMILES string of the molecule is Cc1ccc(CC(C)(C)C(=O)O)cc1C. The summed E-state index contributed by atoms with van der Waals surface area (Å²) in [5.74, 6) is -0.749. The van der Waals surface area contributed by atoms with Gasteiger partial charge >= 0.3 is 5.97 Å². The number of benzene rings is 1. The van der Waals surface area contributed by atoms with Crippen molar-refractivity contribution >= 4 is 5.97 Å². The average molecular weight is 206 g/mol. The van der Waals surface area contributed by atoms with Gasteiger partial charge in [0, 0.05) is 0 Å². The van der Waals surface area contributed by atoms with Gasteiger partial charge in [-0.2, -0.15) is 0 Å². The highest BCUT2D eigenvalue weighted by Crippen LogP contribution is 2.23. The maximum absolute atomic E-state index is 11.0. The fraction of sp³-hybridized carbons (Fsp3) is 0.462. The third-order valence-corrected chi connectivity index (χ3v) is 2.80. The maximum Gasteiger partial charge on any atom is 0.309 e.